The first kappa shape index (κ1) is 9.71. The maximum absolute atomic E-state index is 3.93. The van der Waals surface area contributed by atoms with Gasteiger partial charge in [-0.15, -0.1) is 10.2 Å². The van der Waals surface area contributed by atoms with Crippen LogP contribution in [0.3, 0.4) is 0 Å². The SMILES string of the molecule is CC.Cc1cc2nncn2cc1C. The van der Waals surface area contributed by atoms with Gasteiger partial charge in [0.25, 0.3) is 0 Å². The fraction of sp³-hybridized carbons (Fsp3) is 0.400. The summed E-state index contributed by atoms with van der Waals surface area (Å²) in [6, 6.07) is 2.03. The third kappa shape index (κ3) is 1.86. The number of pyridine rings is 1. The van der Waals surface area contributed by atoms with E-state index >= 15 is 0 Å². The van der Waals surface area contributed by atoms with Crippen LogP contribution in [-0.4, -0.2) is 14.6 Å². The number of rotatable bonds is 0. The molecule has 0 unspecified atom stereocenters. The lowest BCUT2D eigenvalue weighted by molar-refractivity contribution is 1.10. The quantitative estimate of drug-likeness (QED) is 0.618. The molecule has 0 amide bonds. The molecule has 13 heavy (non-hydrogen) atoms. The van der Waals surface area contributed by atoms with Crippen LogP contribution >= 0.6 is 0 Å². The molecule has 0 fully saturated rings. The van der Waals surface area contributed by atoms with E-state index in [0.29, 0.717) is 0 Å². The Balaban J connectivity index is 0.000000396. The molecule has 0 aliphatic rings. The molecule has 0 saturated heterocycles. The fourth-order valence-electron chi connectivity index (χ4n) is 1.07. The van der Waals surface area contributed by atoms with Crippen molar-refractivity contribution in [1.29, 1.82) is 0 Å². The molecule has 0 aromatic carbocycles. The normalized spacial score (nSPS) is 9.54. The summed E-state index contributed by atoms with van der Waals surface area (Å²) in [6.07, 6.45) is 3.74. The smallest absolute Gasteiger partial charge is 0.160 e. The van der Waals surface area contributed by atoms with Gasteiger partial charge in [0.2, 0.25) is 0 Å². The average Bonchev–Trinajstić information content (AvgIpc) is 2.56. The van der Waals surface area contributed by atoms with Crippen LogP contribution in [0.2, 0.25) is 0 Å². The lowest BCUT2D eigenvalue weighted by Gasteiger charge is -1.98. The van der Waals surface area contributed by atoms with Gasteiger partial charge in [-0.2, -0.15) is 0 Å². The molecule has 3 nitrogen and oxygen atoms in total. The fourth-order valence-corrected chi connectivity index (χ4v) is 1.07. The summed E-state index contributed by atoms with van der Waals surface area (Å²) < 4.78 is 1.92. The molecule has 0 radical (unpaired) electrons. The second kappa shape index (κ2) is 4.03. The van der Waals surface area contributed by atoms with Gasteiger partial charge in [-0.25, -0.2) is 0 Å². The number of nitrogens with zero attached hydrogens (tertiary/aromatic N) is 3. The van der Waals surface area contributed by atoms with E-state index in [4.69, 9.17) is 0 Å². The number of hydrogen-bond donors (Lipinski definition) is 0. The first-order valence-corrected chi connectivity index (χ1v) is 4.54. The first-order valence-electron chi connectivity index (χ1n) is 4.54. The van der Waals surface area contributed by atoms with E-state index in [1.54, 1.807) is 6.33 Å². The van der Waals surface area contributed by atoms with Crippen molar-refractivity contribution in [2.45, 2.75) is 27.7 Å². The standard InChI is InChI=1S/C8H9N3.C2H6/c1-6-3-8-10-9-5-11(8)4-7(6)2;1-2/h3-5H,1-2H3;1-2H3. The van der Waals surface area contributed by atoms with E-state index < -0.39 is 0 Å². The molecule has 2 rings (SSSR count). The van der Waals surface area contributed by atoms with E-state index in [1.807, 2.05) is 30.5 Å². The molecule has 0 aliphatic carbocycles. The van der Waals surface area contributed by atoms with Gasteiger partial charge < -0.3 is 0 Å². The Morgan fingerprint density at radius 3 is 2.54 bits per heavy atom. The molecule has 2 heterocycles. The van der Waals surface area contributed by atoms with Gasteiger partial charge in [0.05, 0.1) is 0 Å². The third-order valence-electron chi connectivity index (χ3n) is 1.90. The predicted octanol–water partition coefficient (Wildman–Crippen LogP) is 2.37. The molecule has 2 aromatic rings. The van der Waals surface area contributed by atoms with Crippen molar-refractivity contribution < 1.29 is 0 Å². The Bertz CT molecular complexity index is 354. The lowest BCUT2D eigenvalue weighted by atomic mass is 10.2. The van der Waals surface area contributed by atoms with Crippen molar-refractivity contribution >= 4 is 5.65 Å². The molecule has 3 heteroatoms. The van der Waals surface area contributed by atoms with E-state index in [9.17, 15) is 0 Å². The number of aryl methyl sites for hydroxylation is 2. The van der Waals surface area contributed by atoms with Gasteiger partial charge >= 0.3 is 0 Å². The van der Waals surface area contributed by atoms with Crippen LogP contribution in [0.15, 0.2) is 18.6 Å². The Hall–Kier alpha value is -1.38. The van der Waals surface area contributed by atoms with Crippen LogP contribution < -0.4 is 0 Å². The number of hydrogen-bond acceptors (Lipinski definition) is 2. The Morgan fingerprint density at radius 1 is 1.15 bits per heavy atom. The number of fused-ring (bicyclic) bond motifs is 1. The highest BCUT2D eigenvalue weighted by molar-refractivity contribution is 5.42. The van der Waals surface area contributed by atoms with Crippen molar-refractivity contribution in [3.8, 4) is 0 Å². The van der Waals surface area contributed by atoms with Gasteiger partial charge in [0.1, 0.15) is 6.33 Å². The van der Waals surface area contributed by atoms with Crippen molar-refractivity contribution in [2.24, 2.45) is 0 Å². The van der Waals surface area contributed by atoms with Crippen molar-refractivity contribution in [3.63, 3.8) is 0 Å². The average molecular weight is 177 g/mol. The summed E-state index contributed by atoms with van der Waals surface area (Å²) in [5.41, 5.74) is 3.43. The summed E-state index contributed by atoms with van der Waals surface area (Å²) in [4.78, 5) is 0. The van der Waals surface area contributed by atoms with Crippen LogP contribution in [0, 0.1) is 13.8 Å². The molecule has 0 aliphatic heterocycles. The molecule has 0 bridgehead atoms. The highest BCUT2D eigenvalue weighted by Gasteiger charge is 1.97. The molecular formula is C10H15N3. The van der Waals surface area contributed by atoms with Crippen LogP contribution in [0.1, 0.15) is 25.0 Å². The van der Waals surface area contributed by atoms with Gasteiger partial charge in [-0.05, 0) is 31.0 Å². The van der Waals surface area contributed by atoms with Gasteiger partial charge in [-0.3, -0.25) is 4.40 Å². The maximum Gasteiger partial charge on any atom is 0.160 e. The Labute approximate surface area is 78.4 Å². The Morgan fingerprint density at radius 2 is 1.85 bits per heavy atom. The molecule has 0 N–H and O–H groups in total. The van der Waals surface area contributed by atoms with Gasteiger partial charge in [0, 0.05) is 6.20 Å². The zero-order valence-electron chi connectivity index (χ0n) is 8.57. The van der Waals surface area contributed by atoms with Crippen LogP contribution in [-0.2, 0) is 0 Å². The monoisotopic (exact) mass is 177 g/mol. The summed E-state index contributed by atoms with van der Waals surface area (Å²) in [5, 5.41) is 7.73. The number of aromatic nitrogens is 3. The first-order chi connectivity index (χ1) is 6.27. The maximum atomic E-state index is 3.93. The molecule has 70 valence electrons. The zero-order valence-corrected chi connectivity index (χ0v) is 8.57. The molecule has 2 aromatic heterocycles. The summed E-state index contributed by atoms with van der Waals surface area (Å²) in [6.45, 7) is 8.15. The largest absolute Gasteiger partial charge is 0.289 e. The second-order valence-corrected chi connectivity index (χ2v) is 2.74. The Kier molecular flexibility index (Phi) is 3.01. The van der Waals surface area contributed by atoms with Crippen molar-refractivity contribution in [3.05, 3.63) is 29.7 Å². The highest BCUT2D eigenvalue weighted by atomic mass is 15.2. The van der Waals surface area contributed by atoms with E-state index in [-0.39, 0.29) is 0 Å². The molecule has 0 atom stereocenters. The minimum Gasteiger partial charge on any atom is -0.289 e. The van der Waals surface area contributed by atoms with Gasteiger partial charge in [0.15, 0.2) is 5.65 Å². The van der Waals surface area contributed by atoms with E-state index in [1.165, 1.54) is 11.1 Å². The molecular weight excluding hydrogens is 162 g/mol. The van der Waals surface area contributed by atoms with Gasteiger partial charge in [-0.1, -0.05) is 13.8 Å². The van der Waals surface area contributed by atoms with E-state index in [2.05, 4.69) is 24.0 Å². The lowest BCUT2D eigenvalue weighted by Crippen LogP contribution is -1.87. The van der Waals surface area contributed by atoms with E-state index in [0.717, 1.165) is 5.65 Å². The topological polar surface area (TPSA) is 30.2 Å². The van der Waals surface area contributed by atoms with Crippen molar-refractivity contribution in [2.75, 3.05) is 0 Å². The third-order valence-corrected chi connectivity index (χ3v) is 1.90. The second-order valence-electron chi connectivity index (χ2n) is 2.74. The summed E-state index contributed by atoms with van der Waals surface area (Å²) >= 11 is 0. The molecule has 0 saturated carbocycles. The van der Waals surface area contributed by atoms with Crippen LogP contribution in [0.5, 0.6) is 0 Å². The van der Waals surface area contributed by atoms with Crippen LogP contribution in [0.4, 0.5) is 0 Å². The highest BCUT2D eigenvalue weighted by Crippen LogP contribution is 2.08. The zero-order chi connectivity index (χ0) is 9.84. The minimum absolute atomic E-state index is 0.910. The summed E-state index contributed by atoms with van der Waals surface area (Å²) in [7, 11) is 0. The summed E-state index contributed by atoms with van der Waals surface area (Å²) in [5.74, 6) is 0. The minimum atomic E-state index is 0.910. The van der Waals surface area contributed by atoms with Crippen molar-refractivity contribution in [1.82, 2.24) is 14.6 Å². The molecule has 0 spiro atoms. The predicted molar refractivity (Wildman–Crippen MR) is 53.8 cm³/mol. The van der Waals surface area contributed by atoms with Crippen LogP contribution in [0.25, 0.3) is 5.65 Å².